The molecule has 102 valence electrons. The third kappa shape index (κ3) is 2.91. The third-order valence-corrected chi connectivity index (χ3v) is 3.13. The quantitative estimate of drug-likeness (QED) is 0.660. The number of pyridine rings is 1. The minimum absolute atomic E-state index is 0.0677. The number of carbonyl (C=O) groups is 1. The Morgan fingerprint density at radius 2 is 2.15 bits per heavy atom. The summed E-state index contributed by atoms with van der Waals surface area (Å²) in [5.41, 5.74) is 6.08. The third-order valence-electron chi connectivity index (χ3n) is 2.45. The molecule has 2 aromatic rings. The smallest absolute Gasteiger partial charge is 0.285 e. The molecule has 20 heavy (non-hydrogen) atoms. The van der Waals surface area contributed by atoms with Gasteiger partial charge in [0.2, 0.25) is 0 Å². The number of nitro groups is 1. The molecule has 0 unspecified atom stereocenters. The van der Waals surface area contributed by atoms with Crippen molar-refractivity contribution < 1.29 is 9.72 Å². The van der Waals surface area contributed by atoms with Crippen LogP contribution in [-0.2, 0) is 0 Å². The number of aromatic nitrogens is 1. The number of nitrogen functional groups attached to an aromatic ring is 1. The lowest BCUT2D eigenvalue weighted by Crippen LogP contribution is -2.15. The molecular weight excluding hydrogens is 328 g/mol. The van der Waals surface area contributed by atoms with Crippen LogP contribution >= 0.6 is 15.9 Å². The number of rotatable bonds is 3. The van der Waals surface area contributed by atoms with Gasteiger partial charge in [0.05, 0.1) is 15.1 Å². The number of carbonyl (C=O) groups excluding carboxylic acids is 1. The van der Waals surface area contributed by atoms with Crippen LogP contribution in [0.4, 0.5) is 17.1 Å². The summed E-state index contributed by atoms with van der Waals surface area (Å²) < 4.78 is 0.331. The Balaban J connectivity index is 2.27. The molecule has 8 heteroatoms. The Hall–Kier alpha value is -2.48. The van der Waals surface area contributed by atoms with Crippen LogP contribution in [0.5, 0.6) is 0 Å². The molecule has 0 spiro atoms. The molecule has 0 aliphatic heterocycles. The van der Waals surface area contributed by atoms with Gasteiger partial charge in [-0.15, -0.1) is 0 Å². The van der Waals surface area contributed by atoms with Crippen LogP contribution in [0.3, 0.4) is 0 Å². The lowest BCUT2D eigenvalue weighted by atomic mass is 10.2. The van der Waals surface area contributed by atoms with Gasteiger partial charge in [-0.1, -0.05) is 0 Å². The second kappa shape index (κ2) is 5.66. The first-order valence-corrected chi connectivity index (χ1v) is 6.24. The Labute approximate surface area is 122 Å². The van der Waals surface area contributed by atoms with Gasteiger partial charge in [-0.2, -0.15) is 0 Å². The Morgan fingerprint density at radius 3 is 2.80 bits per heavy atom. The van der Waals surface area contributed by atoms with E-state index in [4.69, 9.17) is 5.73 Å². The van der Waals surface area contributed by atoms with Crippen molar-refractivity contribution >= 4 is 38.9 Å². The van der Waals surface area contributed by atoms with E-state index < -0.39 is 10.8 Å². The zero-order valence-corrected chi connectivity index (χ0v) is 11.6. The maximum Gasteiger partial charge on any atom is 0.285 e. The molecule has 0 radical (unpaired) electrons. The van der Waals surface area contributed by atoms with Gasteiger partial charge in [0.15, 0.2) is 5.69 Å². The van der Waals surface area contributed by atoms with Crippen molar-refractivity contribution in [2.75, 3.05) is 11.1 Å². The van der Waals surface area contributed by atoms with E-state index in [1.54, 1.807) is 12.1 Å². The Bertz CT molecular complexity index is 690. The molecule has 1 aromatic carbocycles. The predicted octanol–water partition coefficient (Wildman–Crippen LogP) is 2.59. The molecule has 0 atom stereocenters. The topological polar surface area (TPSA) is 111 Å². The number of nitrogens with zero attached hydrogens (tertiary/aromatic N) is 2. The highest BCUT2D eigenvalue weighted by atomic mass is 79.9. The van der Waals surface area contributed by atoms with E-state index in [0.717, 1.165) is 0 Å². The summed E-state index contributed by atoms with van der Waals surface area (Å²) in [6, 6.07) is 7.42. The van der Waals surface area contributed by atoms with E-state index in [1.807, 2.05) is 0 Å². The molecule has 0 aliphatic carbocycles. The number of nitrogens with two attached hydrogens (primary N) is 1. The van der Waals surface area contributed by atoms with E-state index in [0.29, 0.717) is 4.47 Å². The van der Waals surface area contributed by atoms with Crippen LogP contribution in [0.2, 0.25) is 0 Å². The normalized spacial score (nSPS) is 10.1. The van der Waals surface area contributed by atoms with Gasteiger partial charge >= 0.3 is 0 Å². The molecule has 1 aromatic heterocycles. The van der Waals surface area contributed by atoms with Crippen LogP contribution < -0.4 is 11.1 Å². The molecule has 1 heterocycles. The van der Waals surface area contributed by atoms with Crippen molar-refractivity contribution in [2.45, 2.75) is 0 Å². The summed E-state index contributed by atoms with van der Waals surface area (Å²) in [4.78, 5) is 26.1. The molecule has 7 nitrogen and oxygen atoms in total. The van der Waals surface area contributed by atoms with Crippen molar-refractivity contribution in [1.29, 1.82) is 0 Å². The number of benzene rings is 1. The first-order chi connectivity index (χ1) is 9.49. The van der Waals surface area contributed by atoms with Crippen molar-refractivity contribution in [3.8, 4) is 0 Å². The van der Waals surface area contributed by atoms with Gasteiger partial charge in [-0.3, -0.25) is 14.9 Å². The molecule has 0 saturated heterocycles. The van der Waals surface area contributed by atoms with Crippen LogP contribution in [0.25, 0.3) is 0 Å². The van der Waals surface area contributed by atoms with Gasteiger partial charge in [0.25, 0.3) is 11.6 Å². The number of nitrogens with one attached hydrogen (secondary N) is 1. The van der Waals surface area contributed by atoms with Crippen molar-refractivity contribution in [1.82, 2.24) is 4.98 Å². The van der Waals surface area contributed by atoms with E-state index in [9.17, 15) is 14.9 Å². The maximum absolute atomic E-state index is 12.0. The average molecular weight is 337 g/mol. The fourth-order valence-corrected chi connectivity index (χ4v) is 1.92. The van der Waals surface area contributed by atoms with Crippen molar-refractivity contribution in [3.05, 3.63) is 56.8 Å². The highest BCUT2D eigenvalue weighted by Crippen LogP contribution is 2.28. The highest BCUT2D eigenvalue weighted by Gasteiger charge is 2.15. The van der Waals surface area contributed by atoms with Crippen molar-refractivity contribution in [3.63, 3.8) is 0 Å². The first-order valence-electron chi connectivity index (χ1n) is 5.45. The summed E-state index contributed by atoms with van der Waals surface area (Å²) in [5.74, 6) is -0.528. The number of hydrogen-bond acceptors (Lipinski definition) is 5. The molecule has 0 saturated carbocycles. The molecule has 3 N–H and O–H groups in total. The Kier molecular flexibility index (Phi) is 3.94. The SMILES string of the molecule is Nc1cccnc1C(=O)Nc1ccc(Br)c([N+](=O)[O-])c1. The van der Waals surface area contributed by atoms with Gasteiger partial charge in [-0.25, -0.2) is 4.98 Å². The van der Waals surface area contributed by atoms with Gasteiger partial charge < -0.3 is 11.1 Å². The lowest BCUT2D eigenvalue weighted by Gasteiger charge is -2.06. The van der Waals surface area contributed by atoms with Crippen LogP contribution in [0, 0.1) is 10.1 Å². The summed E-state index contributed by atoms with van der Waals surface area (Å²) in [7, 11) is 0. The lowest BCUT2D eigenvalue weighted by molar-refractivity contribution is -0.385. The predicted molar refractivity (Wildman–Crippen MR) is 77.4 cm³/mol. The standard InChI is InChI=1S/C12H9BrN4O3/c13-8-4-3-7(6-10(8)17(19)20)16-12(18)11-9(14)2-1-5-15-11/h1-6H,14H2,(H,16,18). The zero-order valence-electron chi connectivity index (χ0n) is 10.0. The molecule has 0 fully saturated rings. The fraction of sp³-hybridized carbons (Fsp3) is 0. The number of nitro benzene ring substituents is 1. The summed E-state index contributed by atoms with van der Waals surface area (Å²) in [6.45, 7) is 0. The molecule has 2 rings (SSSR count). The van der Waals surface area contributed by atoms with Crippen LogP contribution in [-0.4, -0.2) is 15.8 Å². The second-order valence-electron chi connectivity index (χ2n) is 3.82. The van der Waals surface area contributed by atoms with E-state index >= 15 is 0 Å². The monoisotopic (exact) mass is 336 g/mol. The number of halogens is 1. The van der Waals surface area contributed by atoms with Crippen LogP contribution in [0.1, 0.15) is 10.5 Å². The molecule has 1 amide bonds. The van der Waals surface area contributed by atoms with Crippen molar-refractivity contribution in [2.24, 2.45) is 0 Å². The molecular formula is C12H9BrN4O3. The van der Waals surface area contributed by atoms with E-state index in [1.165, 1.54) is 24.4 Å². The number of hydrogen-bond donors (Lipinski definition) is 2. The summed E-state index contributed by atoms with van der Waals surface area (Å²) in [6.07, 6.45) is 1.44. The minimum Gasteiger partial charge on any atom is -0.397 e. The Morgan fingerprint density at radius 1 is 1.40 bits per heavy atom. The van der Waals surface area contributed by atoms with Crippen LogP contribution in [0.15, 0.2) is 41.0 Å². The number of anilines is 2. The minimum atomic E-state index is -0.547. The van der Waals surface area contributed by atoms with Gasteiger partial charge in [0.1, 0.15) is 0 Å². The average Bonchev–Trinajstić information content (AvgIpc) is 2.41. The first kappa shape index (κ1) is 13.9. The molecule has 0 bridgehead atoms. The fourth-order valence-electron chi connectivity index (χ4n) is 1.53. The van der Waals surface area contributed by atoms with E-state index in [2.05, 4.69) is 26.2 Å². The summed E-state index contributed by atoms with van der Waals surface area (Å²) >= 11 is 3.07. The molecule has 0 aliphatic rings. The summed E-state index contributed by atoms with van der Waals surface area (Å²) in [5, 5.41) is 13.3. The second-order valence-corrected chi connectivity index (χ2v) is 4.67. The van der Waals surface area contributed by atoms with E-state index in [-0.39, 0.29) is 22.8 Å². The van der Waals surface area contributed by atoms with Gasteiger partial charge in [-0.05, 0) is 40.2 Å². The van der Waals surface area contributed by atoms with Gasteiger partial charge in [0, 0.05) is 18.0 Å². The zero-order chi connectivity index (χ0) is 14.7. The number of amides is 1. The largest absolute Gasteiger partial charge is 0.397 e. The highest BCUT2D eigenvalue weighted by molar-refractivity contribution is 9.10. The maximum atomic E-state index is 12.0.